The van der Waals surface area contributed by atoms with E-state index in [1.165, 1.54) is 6.42 Å². The van der Waals surface area contributed by atoms with Gasteiger partial charge in [0.1, 0.15) is 5.75 Å². The van der Waals surface area contributed by atoms with Crippen molar-refractivity contribution < 1.29 is 9.84 Å². The van der Waals surface area contributed by atoms with Gasteiger partial charge in [0.25, 0.3) is 0 Å². The van der Waals surface area contributed by atoms with Gasteiger partial charge in [0.05, 0.1) is 13.2 Å². The van der Waals surface area contributed by atoms with Crippen LogP contribution in [0.1, 0.15) is 18.9 Å². The highest BCUT2D eigenvalue weighted by Gasteiger charge is 2.30. The standard InChI is InChI=1S/C19H30N4O2.HI/c1-2-20-19(21-8-6-16-4-3-5-18(24)14-16)23-9-7-17(15-23)22-10-12-25-13-11-22;/h3-5,14,17,24H,2,6-13,15H2,1H3,(H,20,21);1H. The normalized spacial score (nSPS) is 21.5. The van der Waals surface area contributed by atoms with E-state index in [0.717, 1.165) is 70.4 Å². The molecule has 0 spiro atoms. The molecule has 0 aromatic heterocycles. The zero-order valence-corrected chi connectivity index (χ0v) is 17.9. The zero-order valence-electron chi connectivity index (χ0n) is 15.6. The lowest BCUT2D eigenvalue weighted by Crippen LogP contribution is -2.46. The van der Waals surface area contributed by atoms with Gasteiger partial charge in [-0.2, -0.15) is 0 Å². The Bertz CT molecular complexity index is 578. The summed E-state index contributed by atoms with van der Waals surface area (Å²) in [7, 11) is 0. The highest BCUT2D eigenvalue weighted by Crippen LogP contribution is 2.17. The quantitative estimate of drug-likeness (QED) is 0.388. The Balaban J connectivity index is 0.00000243. The molecule has 2 heterocycles. The lowest BCUT2D eigenvalue weighted by molar-refractivity contribution is 0.0195. The molecule has 2 saturated heterocycles. The summed E-state index contributed by atoms with van der Waals surface area (Å²) in [5.41, 5.74) is 1.12. The van der Waals surface area contributed by atoms with Crippen molar-refractivity contribution in [2.24, 2.45) is 4.99 Å². The molecule has 1 unspecified atom stereocenters. The van der Waals surface area contributed by atoms with Crippen LogP contribution in [0.4, 0.5) is 0 Å². The van der Waals surface area contributed by atoms with E-state index in [-0.39, 0.29) is 24.0 Å². The fourth-order valence-corrected chi connectivity index (χ4v) is 3.60. The predicted octanol–water partition coefficient (Wildman–Crippen LogP) is 1.92. The van der Waals surface area contributed by atoms with Crippen molar-refractivity contribution in [2.45, 2.75) is 25.8 Å². The fourth-order valence-electron chi connectivity index (χ4n) is 3.60. The van der Waals surface area contributed by atoms with Gasteiger partial charge in [-0.3, -0.25) is 9.89 Å². The summed E-state index contributed by atoms with van der Waals surface area (Å²) in [5.74, 6) is 1.33. The van der Waals surface area contributed by atoms with E-state index in [2.05, 4.69) is 22.0 Å². The molecule has 2 aliphatic heterocycles. The van der Waals surface area contributed by atoms with Gasteiger partial charge in [0.2, 0.25) is 0 Å². The predicted molar refractivity (Wildman–Crippen MR) is 116 cm³/mol. The van der Waals surface area contributed by atoms with Crippen LogP contribution in [0.15, 0.2) is 29.3 Å². The van der Waals surface area contributed by atoms with Gasteiger partial charge >= 0.3 is 0 Å². The van der Waals surface area contributed by atoms with Crippen molar-refractivity contribution in [1.82, 2.24) is 15.1 Å². The van der Waals surface area contributed by atoms with Crippen molar-refractivity contribution >= 4 is 29.9 Å². The highest BCUT2D eigenvalue weighted by atomic mass is 127. The summed E-state index contributed by atoms with van der Waals surface area (Å²) in [6, 6.07) is 8.04. The Hall–Kier alpha value is -1.06. The fraction of sp³-hybridized carbons (Fsp3) is 0.632. The van der Waals surface area contributed by atoms with Crippen molar-refractivity contribution in [2.75, 3.05) is 52.5 Å². The molecule has 0 aliphatic carbocycles. The summed E-state index contributed by atoms with van der Waals surface area (Å²) >= 11 is 0. The Morgan fingerprint density at radius 1 is 1.31 bits per heavy atom. The minimum atomic E-state index is 0. The van der Waals surface area contributed by atoms with Crippen LogP contribution >= 0.6 is 24.0 Å². The summed E-state index contributed by atoms with van der Waals surface area (Å²) in [6.07, 6.45) is 2.03. The number of nitrogens with one attached hydrogen (secondary N) is 1. The number of hydrogen-bond acceptors (Lipinski definition) is 4. The van der Waals surface area contributed by atoms with Crippen LogP contribution < -0.4 is 5.32 Å². The van der Waals surface area contributed by atoms with Crippen molar-refractivity contribution in [3.63, 3.8) is 0 Å². The number of rotatable bonds is 5. The molecule has 2 fully saturated rings. The zero-order chi connectivity index (χ0) is 17.5. The second-order valence-corrected chi connectivity index (χ2v) is 6.69. The van der Waals surface area contributed by atoms with E-state index >= 15 is 0 Å². The summed E-state index contributed by atoms with van der Waals surface area (Å²) in [6.45, 7) is 9.61. The number of benzene rings is 1. The molecule has 1 atom stereocenters. The maximum Gasteiger partial charge on any atom is 0.193 e. The summed E-state index contributed by atoms with van der Waals surface area (Å²) in [5, 5.41) is 13.0. The van der Waals surface area contributed by atoms with Crippen LogP contribution in [-0.4, -0.2) is 79.4 Å². The number of aromatic hydroxyl groups is 1. The highest BCUT2D eigenvalue weighted by molar-refractivity contribution is 14.0. The average molecular weight is 474 g/mol. The number of guanidine groups is 1. The topological polar surface area (TPSA) is 60.3 Å². The van der Waals surface area contributed by atoms with E-state index in [9.17, 15) is 5.11 Å². The Labute approximate surface area is 173 Å². The molecule has 0 amide bonds. The largest absolute Gasteiger partial charge is 0.508 e. The molecule has 26 heavy (non-hydrogen) atoms. The first-order chi connectivity index (χ1) is 12.3. The molecule has 146 valence electrons. The van der Waals surface area contributed by atoms with Gasteiger partial charge in [-0.1, -0.05) is 12.1 Å². The number of nitrogens with zero attached hydrogens (tertiary/aromatic N) is 3. The third kappa shape index (κ3) is 5.99. The second kappa shape index (κ2) is 10.9. The van der Waals surface area contributed by atoms with Crippen molar-refractivity contribution in [3.8, 4) is 5.75 Å². The van der Waals surface area contributed by atoms with E-state index < -0.39 is 0 Å². The Kier molecular flexibility index (Phi) is 8.94. The first kappa shape index (κ1) is 21.2. The van der Waals surface area contributed by atoms with Gasteiger partial charge in [0.15, 0.2) is 5.96 Å². The number of halogens is 1. The lowest BCUT2D eigenvalue weighted by atomic mass is 10.1. The van der Waals surface area contributed by atoms with E-state index in [1.807, 2.05) is 18.2 Å². The molecule has 0 bridgehead atoms. The summed E-state index contributed by atoms with van der Waals surface area (Å²) < 4.78 is 5.47. The van der Waals surface area contributed by atoms with Gasteiger partial charge in [-0.05, 0) is 37.5 Å². The molecule has 0 saturated carbocycles. The average Bonchev–Trinajstić information content (AvgIpc) is 3.12. The molecule has 6 nitrogen and oxygen atoms in total. The van der Waals surface area contributed by atoms with Gasteiger partial charge in [-0.15, -0.1) is 24.0 Å². The smallest absolute Gasteiger partial charge is 0.193 e. The molecule has 0 radical (unpaired) electrons. The van der Waals surface area contributed by atoms with E-state index in [4.69, 9.17) is 9.73 Å². The first-order valence-corrected chi connectivity index (χ1v) is 9.39. The maximum absolute atomic E-state index is 9.56. The first-order valence-electron chi connectivity index (χ1n) is 9.39. The molecule has 2 aliphatic rings. The van der Waals surface area contributed by atoms with Crippen LogP contribution in [-0.2, 0) is 11.2 Å². The molecule has 7 heteroatoms. The van der Waals surface area contributed by atoms with Crippen molar-refractivity contribution in [3.05, 3.63) is 29.8 Å². The third-order valence-electron chi connectivity index (χ3n) is 4.93. The second-order valence-electron chi connectivity index (χ2n) is 6.69. The monoisotopic (exact) mass is 474 g/mol. The van der Waals surface area contributed by atoms with Gasteiger partial charge in [0, 0.05) is 45.3 Å². The Morgan fingerprint density at radius 3 is 2.85 bits per heavy atom. The number of phenolic OH excluding ortho intramolecular Hbond substituents is 1. The summed E-state index contributed by atoms with van der Waals surface area (Å²) in [4.78, 5) is 9.74. The molecule has 1 aromatic rings. The number of aliphatic imine (C=N–C) groups is 1. The van der Waals surface area contributed by atoms with Crippen LogP contribution in [0.3, 0.4) is 0 Å². The number of phenols is 1. The van der Waals surface area contributed by atoms with Crippen LogP contribution in [0.2, 0.25) is 0 Å². The lowest BCUT2D eigenvalue weighted by Gasteiger charge is -2.32. The van der Waals surface area contributed by atoms with Crippen LogP contribution in [0, 0.1) is 0 Å². The number of likely N-dealkylation sites (tertiary alicyclic amines) is 1. The number of hydrogen-bond donors (Lipinski definition) is 2. The minimum Gasteiger partial charge on any atom is -0.508 e. The van der Waals surface area contributed by atoms with Gasteiger partial charge in [-0.25, -0.2) is 0 Å². The molecule has 1 aromatic carbocycles. The maximum atomic E-state index is 9.56. The molecular weight excluding hydrogens is 443 g/mol. The van der Waals surface area contributed by atoms with Crippen LogP contribution in [0.25, 0.3) is 0 Å². The van der Waals surface area contributed by atoms with Gasteiger partial charge < -0.3 is 20.1 Å². The third-order valence-corrected chi connectivity index (χ3v) is 4.93. The number of morpholine rings is 1. The van der Waals surface area contributed by atoms with E-state index in [0.29, 0.717) is 11.8 Å². The molecular formula is C19H31IN4O2. The van der Waals surface area contributed by atoms with E-state index in [1.54, 1.807) is 6.07 Å². The molecule has 2 N–H and O–H groups in total. The van der Waals surface area contributed by atoms with Crippen molar-refractivity contribution in [1.29, 1.82) is 0 Å². The number of ether oxygens (including phenoxy) is 1. The Morgan fingerprint density at radius 2 is 2.12 bits per heavy atom. The minimum absolute atomic E-state index is 0. The van der Waals surface area contributed by atoms with Crippen LogP contribution in [0.5, 0.6) is 5.75 Å². The SMILES string of the molecule is CCNC(=NCCc1cccc(O)c1)N1CCC(N2CCOCC2)C1.I. The molecule has 3 rings (SSSR count).